The summed E-state index contributed by atoms with van der Waals surface area (Å²) in [5.41, 5.74) is 2.48. The number of methoxy groups -OCH3 is 3. The lowest BCUT2D eigenvalue weighted by atomic mass is 9.87. The zero-order chi connectivity index (χ0) is 23.1. The summed E-state index contributed by atoms with van der Waals surface area (Å²) in [6, 6.07) is 13.1. The van der Waals surface area contributed by atoms with E-state index in [1.807, 2.05) is 49.4 Å². The molecule has 2 aromatic carbocycles. The Morgan fingerprint density at radius 3 is 2.53 bits per heavy atom. The highest BCUT2D eigenvalue weighted by atomic mass is 16.5. The SMILES string of the molecule is COCCCNC(=O)[C@H]1CN(C(=O)c2ccccc2C)C[C@@H]1c1ccc(OC)cc1OC. The minimum absolute atomic E-state index is 0.0599. The van der Waals surface area contributed by atoms with E-state index < -0.39 is 0 Å². The third-order valence-corrected chi connectivity index (χ3v) is 5.98. The van der Waals surface area contributed by atoms with Gasteiger partial charge < -0.3 is 24.4 Å². The third kappa shape index (κ3) is 5.22. The Balaban J connectivity index is 1.88. The maximum atomic E-state index is 13.3. The molecule has 1 fully saturated rings. The van der Waals surface area contributed by atoms with E-state index in [1.165, 1.54) is 0 Å². The van der Waals surface area contributed by atoms with E-state index in [0.717, 1.165) is 17.5 Å². The van der Waals surface area contributed by atoms with Gasteiger partial charge in [0.15, 0.2) is 0 Å². The Morgan fingerprint density at radius 2 is 1.84 bits per heavy atom. The maximum Gasteiger partial charge on any atom is 0.254 e. The van der Waals surface area contributed by atoms with Crippen molar-refractivity contribution in [2.75, 3.05) is 47.6 Å². The van der Waals surface area contributed by atoms with Gasteiger partial charge in [-0.1, -0.05) is 24.3 Å². The van der Waals surface area contributed by atoms with E-state index in [0.29, 0.717) is 43.3 Å². The normalized spacial score (nSPS) is 17.8. The molecule has 1 aliphatic heterocycles. The zero-order valence-corrected chi connectivity index (χ0v) is 19.2. The van der Waals surface area contributed by atoms with E-state index >= 15 is 0 Å². The molecule has 1 aliphatic rings. The molecule has 32 heavy (non-hydrogen) atoms. The lowest BCUT2D eigenvalue weighted by molar-refractivity contribution is -0.124. The highest BCUT2D eigenvalue weighted by molar-refractivity contribution is 5.96. The van der Waals surface area contributed by atoms with Crippen molar-refractivity contribution in [3.05, 3.63) is 59.2 Å². The number of ether oxygens (including phenoxy) is 3. The van der Waals surface area contributed by atoms with Crippen molar-refractivity contribution in [3.63, 3.8) is 0 Å². The quantitative estimate of drug-likeness (QED) is 0.607. The Bertz CT molecular complexity index is 946. The smallest absolute Gasteiger partial charge is 0.254 e. The van der Waals surface area contributed by atoms with Crippen LogP contribution in [0.1, 0.15) is 33.8 Å². The van der Waals surface area contributed by atoms with Crippen LogP contribution in [0.25, 0.3) is 0 Å². The molecule has 0 bridgehead atoms. The molecule has 0 aliphatic carbocycles. The van der Waals surface area contributed by atoms with Gasteiger partial charge in [0.05, 0.1) is 20.1 Å². The summed E-state index contributed by atoms with van der Waals surface area (Å²) in [4.78, 5) is 28.2. The predicted octanol–water partition coefficient (Wildman–Crippen LogP) is 3.02. The van der Waals surface area contributed by atoms with Gasteiger partial charge in [0.2, 0.25) is 5.91 Å². The van der Waals surface area contributed by atoms with Crippen molar-refractivity contribution in [1.29, 1.82) is 0 Å². The summed E-state index contributed by atoms with van der Waals surface area (Å²) in [6.07, 6.45) is 0.733. The monoisotopic (exact) mass is 440 g/mol. The van der Waals surface area contributed by atoms with Gasteiger partial charge in [-0.3, -0.25) is 9.59 Å². The number of rotatable bonds is 9. The number of hydrogen-bond acceptors (Lipinski definition) is 5. The average molecular weight is 441 g/mol. The number of aryl methyl sites for hydroxylation is 1. The van der Waals surface area contributed by atoms with Crippen LogP contribution in [0, 0.1) is 12.8 Å². The van der Waals surface area contributed by atoms with Crippen LogP contribution in [-0.2, 0) is 9.53 Å². The van der Waals surface area contributed by atoms with Crippen LogP contribution >= 0.6 is 0 Å². The topological polar surface area (TPSA) is 77.1 Å². The molecule has 1 heterocycles. The van der Waals surface area contributed by atoms with Gasteiger partial charge in [-0.25, -0.2) is 0 Å². The number of carbonyl (C=O) groups is 2. The fraction of sp³-hybridized carbons (Fsp3) is 0.440. The summed E-state index contributed by atoms with van der Waals surface area (Å²) >= 11 is 0. The number of hydrogen-bond donors (Lipinski definition) is 1. The Morgan fingerprint density at radius 1 is 1.06 bits per heavy atom. The number of amides is 2. The van der Waals surface area contributed by atoms with Crippen molar-refractivity contribution < 1.29 is 23.8 Å². The minimum Gasteiger partial charge on any atom is -0.497 e. The van der Waals surface area contributed by atoms with Crippen LogP contribution in [0.15, 0.2) is 42.5 Å². The first-order valence-corrected chi connectivity index (χ1v) is 10.8. The lowest BCUT2D eigenvalue weighted by Gasteiger charge is -2.21. The first kappa shape index (κ1) is 23.6. The number of carbonyl (C=O) groups excluding carboxylic acids is 2. The average Bonchev–Trinajstić information content (AvgIpc) is 3.26. The first-order chi connectivity index (χ1) is 15.5. The van der Waals surface area contributed by atoms with Gasteiger partial charge in [-0.15, -0.1) is 0 Å². The molecule has 1 saturated heterocycles. The van der Waals surface area contributed by atoms with Gasteiger partial charge in [0.25, 0.3) is 5.91 Å². The molecule has 2 aromatic rings. The first-order valence-electron chi connectivity index (χ1n) is 10.8. The Hall–Kier alpha value is -3.06. The van der Waals surface area contributed by atoms with Crippen LogP contribution in [0.5, 0.6) is 11.5 Å². The molecule has 172 valence electrons. The van der Waals surface area contributed by atoms with Crippen LogP contribution in [0.3, 0.4) is 0 Å². The molecule has 0 radical (unpaired) electrons. The molecule has 2 amide bonds. The minimum atomic E-state index is -0.382. The number of nitrogens with one attached hydrogen (secondary N) is 1. The van der Waals surface area contributed by atoms with Crippen LogP contribution in [0.2, 0.25) is 0 Å². The molecule has 0 saturated carbocycles. The molecule has 7 heteroatoms. The second-order valence-corrected chi connectivity index (χ2v) is 7.98. The van der Waals surface area contributed by atoms with Crippen molar-refractivity contribution in [3.8, 4) is 11.5 Å². The summed E-state index contributed by atoms with van der Waals surface area (Å²) in [6.45, 7) is 3.82. The van der Waals surface area contributed by atoms with E-state index in [4.69, 9.17) is 14.2 Å². The molecule has 0 aromatic heterocycles. The van der Waals surface area contributed by atoms with Crippen molar-refractivity contribution in [2.24, 2.45) is 5.92 Å². The van der Waals surface area contributed by atoms with Crippen molar-refractivity contribution in [2.45, 2.75) is 19.3 Å². The van der Waals surface area contributed by atoms with Gasteiger partial charge in [0, 0.05) is 56.5 Å². The molecule has 0 spiro atoms. The van der Waals surface area contributed by atoms with E-state index in [9.17, 15) is 9.59 Å². The lowest BCUT2D eigenvalue weighted by Crippen LogP contribution is -2.36. The summed E-state index contributed by atoms with van der Waals surface area (Å²) < 4.78 is 16.0. The second-order valence-electron chi connectivity index (χ2n) is 7.98. The van der Waals surface area contributed by atoms with E-state index in [1.54, 1.807) is 26.2 Å². The van der Waals surface area contributed by atoms with Crippen LogP contribution in [0.4, 0.5) is 0 Å². The van der Waals surface area contributed by atoms with Gasteiger partial charge >= 0.3 is 0 Å². The third-order valence-electron chi connectivity index (χ3n) is 5.98. The van der Waals surface area contributed by atoms with Crippen LogP contribution < -0.4 is 14.8 Å². The van der Waals surface area contributed by atoms with Crippen LogP contribution in [-0.4, -0.2) is 64.3 Å². The Labute approximate surface area is 189 Å². The highest BCUT2D eigenvalue weighted by Crippen LogP contribution is 2.39. The maximum absolute atomic E-state index is 13.3. The number of likely N-dealkylation sites (tertiary alicyclic amines) is 1. The molecule has 1 N–H and O–H groups in total. The fourth-order valence-electron chi connectivity index (χ4n) is 4.22. The summed E-state index contributed by atoms with van der Waals surface area (Å²) in [5.74, 6) is 0.632. The van der Waals surface area contributed by atoms with Gasteiger partial charge in [0.1, 0.15) is 11.5 Å². The largest absolute Gasteiger partial charge is 0.497 e. The molecular formula is C25H32N2O5. The fourth-order valence-corrected chi connectivity index (χ4v) is 4.22. The van der Waals surface area contributed by atoms with E-state index in [2.05, 4.69) is 5.32 Å². The molecule has 2 atom stereocenters. The Kier molecular flexibility index (Phi) is 8.11. The van der Waals surface area contributed by atoms with Crippen molar-refractivity contribution in [1.82, 2.24) is 10.2 Å². The van der Waals surface area contributed by atoms with Gasteiger partial charge in [-0.2, -0.15) is 0 Å². The molecule has 3 rings (SSSR count). The molecule has 7 nitrogen and oxygen atoms in total. The molecule has 0 unspecified atom stereocenters. The summed E-state index contributed by atoms with van der Waals surface area (Å²) in [7, 11) is 4.84. The van der Waals surface area contributed by atoms with Gasteiger partial charge in [-0.05, 0) is 31.0 Å². The number of nitrogens with zero attached hydrogens (tertiary/aromatic N) is 1. The zero-order valence-electron chi connectivity index (χ0n) is 19.2. The second kappa shape index (κ2) is 11.0. The summed E-state index contributed by atoms with van der Waals surface area (Å²) in [5, 5.41) is 3.01. The number of benzene rings is 2. The van der Waals surface area contributed by atoms with Crippen molar-refractivity contribution >= 4 is 11.8 Å². The predicted molar refractivity (Wildman–Crippen MR) is 122 cm³/mol. The highest BCUT2D eigenvalue weighted by Gasteiger charge is 2.41. The molecular weight excluding hydrogens is 408 g/mol. The standard InChI is InChI=1S/C25H32N2O5/c1-17-8-5-6-9-19(17)25(29)27-15-21(20-11-10-18(31-3)14-23(20)32-4)22(16-27)24(28)26-12-7-13-30-2/h5-6,8-11,14,21-22H,7,12-13,15-16H2,1-4H3,(H,26,28)/t21-,22+/m1/s1. The van der Waals surface area contributed by atoms with E-state index in [-0.39, 0.29) is 23.7 Å².